The maximum atomic E-state index is 12.7. The van der Waals surface area contributed by atoms with E-state index < -0.39 is 11.5 Å². The van der Waals surface area contributed by atoms with Gasteiger partial charge >= 0.3 is 5.97 Å². The second-order valence-electron chi connectivity index (χ2n) is 5.79. The van der Waals surface area contributed by atoms with Gasteiger partial charge in [-0.2, -0.15) is 15.4 Å². The third-order valence-corrected chi connectivity index (χ3v) is 4.59. The molecule has 0 radical (unpaired) electrons. The minimum atomic E-state index is -1.10. The van der Waals surface area contributed by atoms with E-state index in [0.717, 1.165) is 19.3 Å². The first-order valence-electron chi connectivity index (χ1n) is 7.37. The molecule has 3 rings (SSSR count). The Morgan fingerprint density at radius 1 is 1.18 bits per heavy atom. The quantitative estimate of drug-likeness (QED) is 0.901. The number of carboxylic acid groups (broad SMARTS) is 1. The summed E-state index contributed by atoms with van der Waals surface area (Å²) in [5, 5.41) is 20.1. The second kappa shape index (κ2) is 5.40. The lowest BCUT2D eigenvalue weighted by atomic mass is 9.80. The predicted molar refractivity (Wildman–Crippen MR) is 79.4 cm³/mol. The summed E-state index contributed by atoms with van der Waals surface area (Å²) in [6.45, 7) is 0. The van der Waals surface area contributed by atoms with Crippen LogP contribution in [0.2, 0.25) is 0 Å². The van der Waals surface area contributed by atoms with E-state index in [1.54, 1.807) is 25.2 Å². The predicted octanol–water partition coefficient (Wildman–Crippen LogP) is 1.82. The van der Waals surface area contributed by atoms with Gasteiger partial charge in [-0.3, -0.25) is 4.79 Å². The zero-order chi connectivity index (χ0) is 15.7. The minimum absolute atomic E-state index is 0.297. The van der Waals surface area contributed by atoms with E-state index in [2.05, 4.69) is 15.4 Å². The number of aliphatic carboxylic acids is 1. The highest BCUT2D eigenvalue weighted by atomic mass is 16.4. The summed E-state index contributed by atoms with van der Waals surface area (Å²) in [6.07, 6.45) is 3.66. The van der Waals surface area contributed by atoms with Gasteiger partial charge in [-0.05, 0) is 31.0 Å². The van der Waals surface area contributed by atoms with Crippen LogP contribution < -0.4 is 0 Å². The summed E-state index contributed by atoms with van der Waals surface area (Å²) in [6, 6.07) is 4.99. The molecule has 7 nitrogen and oxygen atoms in total. The Morgan fingerprint density at radius 2 is 1.86 bits per heavy atom. The molecule has 1 aliphatic rings. The lowest BCUT2D eigenvalue weighted by molar-refractivity contribution is -0.151. The van der Waals surface area contributed by atoms with Crippen molar-refractivity contribution in [1.82, 2.24) is 20.3 Å². The van der Waals surface area contributed by atoms with Gasteiger partial charge in [0.1, 0.15) is 16.6 Å². The number of likely N-dealkylation sites (N-methyl/N-ethyl adjacent to an activating group) is 1. The molecule has 0 saturated heterocycles. The molecule has 0 unspecified atom stereocenters. The number of aromatic amines is 1. The summed E-state index contributed by atoms with van der Waals surface area (Å²) in [7, 11) is 1.58. The summed E-state index contributed by atoms with van der Waals surface area (Å²) in [4.78, 5) is 25.9. The maximum Gasteiger partial charge on any atom is 0.329 e. The first kappa shape index (κ1) is 14.5. The zero-order valence-corrected chi connectivity index (χ0v) is 12.4. The summed E-state index contributed by atoms with van der Waals surface area (Å²) < 4.78 is 0. The van der Waals surface area contributed by atoms with Crippen molar-refractivity contribution in [3.8, 4) is 0 Å². The number of carboxylic acids is 1. The van der Waals surface area contributed by atoms with E-state index >= 15 is 0 Å². The van der Waals surface area contributed by atoms with Crippen LogP contribution in [0, 0.1) is 0 Å². The third kappa shape index (κ3) is 2.22. The molecule has 1 fully saturated rings. The van der Waals surface area contributed by atoms with Crippen molar-refractivity contribution in [2.45, 2.75) is 37.6 Å². The zero-order valence-electron chi connectivity index (χ0n) is 12.4. The number of aromatic nitrogens is 3. The van der Waals surface area contributed by atoms with Crippen LogP contribution in [0.15, 0.2) is 18.2 Å². The van der Waals surface area contributed by atoms with Crippen molar-refractivity contribution >= 4 is 22.9 Å². The van der Waals surface area contributed by atoms with Crippen LogP contribution in [0.5, 0.6) is 0 Å². The Bertz CT molecular complexity index is 718. The van der Waals surface area contributed by atoms with Gasteiger partial charge in [0.05, 0.1) is 0 Å². The van der Waals surface area contributed by atoms with E-state index in [4.69, 9.17) is 0 Å². The van der Waals surface area contributed by atoms with Crippen molar-refractivity contribution < 1.29 is 14.7 Å². The van der Waals surface area contributed by atoms with Crippen molar-refractivity contribution in [2.24, 2.45) is 0 Å². The second-order valence-corrected chi connectivity index (χ2v) is 5.79. The molecule has 1 aromatic heterocycles. The molecule has 1 aliphatic carbocycles. The van der Waals surface area contributed by atoms with Crippen molar-refractivity contribution in [1.29, 1.82) is 0 Å². The van der Waals surface area contributed by atoms with Gasteiger partial charge in [-0.15, -0.1) is 0 Å². The Kier molecular flexibility index (Phi) is 3.56. The van der Waals surface area contributed by atoms with Gasteiger partial charge in [0.2, 0.25) is 0 Å². The lowest BCUT2D eigenvalue weighted by Gasteiger charge is -2.41. The Balaban J connectivity index is 1.93. The van der Waals surface area contributed by atoms with Gasteiger partial charge in [0.15, 0.2) is 0 Å². The van der Waals surface area contributed by atoms with E-state index in [-0.39, 0.29) is 5.91 Å². The topological polar surface area (TPSA) is 99.2 Å². The molecule has 0 atom stereocenters. The van der Waals surface area contributed by atoms with Crippen molar-refractivity contribution in [3.63, 3.8) is 0 Å². The molecule has 0 aliphatic heterocycles. The van der Waals surface area contributed by atoms with Gasteiger partial charge in [0, 0.05) is 12.6 Å². The van der Waals surface area contributed by atoms with Crippen LogP contribution >= 0.6 is 0 Å². The SMILES string of the molecule is CN(C(=O)c1ccc2n[nH]nc2c1)C1(C(=O)O)CCCCC1. The van der Waals surface area contributed by atoms with E-state index in [0.29, 0.717) is 29.4 Å². The molecule has 1 heterocycles. The van der Waals surface area contributed by atoms with Crippen LogP contribution in [-0.2, 0) is 4.79 Å². The molecule has 0 bridgehead atoms. The Hall–Kier alpha value is -2.44. The molecule has 1 saturated carbocycles. The highest BCUT2D eigenvalue weighted by Crippen LogP contribution is 2.34. The fourth-order valence-electron chi connectivity index (χ4n) is 3.19. The summed E-state index contributed by atoms with van der Waals surface area (Å²) in [5.74, 6) is -1.22. The van der Waals surface area contributed by atoms with Crippen LogP contribution in [0.1, 0.15) is 42.5 Å². The summed E-state index contributed by atoms with van der Waals surface area (Å²) in [5.41, 5.74) is 0.584. The van der Waals surface area contributed by atoms with E-state index in [1.165, 1.54) is 4.90 Å². The number of fused-ring (bicyclic) bond motifs is 1. The number of nitrogens with zero attached hydrogens (tertiary/aromatic N) is 3. The molecule has 0 spiro atoms. The average molecular weight is 302 g/mol. The standard InChI is InChI=1S/C15H18N4O3/c1-19(15(14(21)22)7-3-2-4-8-15)13(20)10-5-6-11-12(9-10)17-18-16-11/h5-6,9H,2-4,7-8H2,1H3,(H,21,22)(H,16,17,18). The number of amides is 1. The number of nitrogens with one attached hydrogen (secondary N) is 1. The fourth-order valence-corrected chi connectivity index (χ4v) is 3.19. The van der Waals surface area contributed by atoms with E-state index in [9.17, 15) is 14.7 Å². The number of hydrogen-bond donors (Lipinski definition) is 2. The van der Waals surface area contributed by atoms with Gasteiger partial charge in [-0.25, -0.2) is 4.79 Å². The Morgan fingerprint density at radius 3 is 2.55 bits per heavy atom. The van der Waals surface area contributed by atoms with Gasteiger partial charge in [-0.1, -0.05) is 19.3 Å². The molecular weight excluding hydrogens is 284 g/mol. The monoisotopic (exact) mass is 302 g/mol. The molecule has 2 aromatic rings. The molecule has 1 aromatic carbocycles. The molecule has 1 amide bonds. The minimum Gasteiger partial charge on any atom is -0.479 e. The number of carbonyl (C=O) groups is 2. The largest absolute Gasteiger partial charge is 0.479 e. The first-order valence-corrected chi connectivity index (χ1v) is 7.37. The third-order valence-electron chi connectivity index (χ3n) is 4.59. The number of H-pyrrole nitrogens is 1. The number of rotatable bonds is 3. The number of hydrogen-bond acceptors (Lipinski definition) is 4. The van der Waals surface area contributed by atoms with Crippen LogP contribution in [0.25, 0.3) is 11.0 Å². The number of benzene rings is 1. The van der Waals surface area contributed by atoms with Crippen LogP contribution in [0.4, 0.5) is 0 Å². The highest BCUT2D eigenvalue weighted by Gasteiger charge is 2.45. The van der Waals surface area contributed by atoms with Crippen molar-refractivity contribution in [3.05, 3.63) is 23.8 Å². The molecule has 2 N–H and O–H groups in total. The Labute approximate surface area is 127 Å². The molecular formula is C15H18N4O3. The lowest BCUT2D eigenvalue weighted by Crippen LogP contribution is -2.56. The van der Waals surface area contributed by atoms with Crippen molar-refractivity contribution in [2.75, 3.05) is 7.05 Å². The first-order chi connectivity index (χ1) is 10.5. The van der Waals surface area contributed by atoms with Crippen LogP contribution in [0.3, 0.4) is 0 Å². The molecule has 22 heavy (non-hydrogen) atoms. The number of carbonyl (C=O) groups excluding carboxylic acids is 1. The highest BCUT2D eigenvalue weighted by molar-refractivity contribution is 5.99. The van der Waals surface area contributed by atoms with E-state index in [1.807, 2.05) is 0 Å². The maximum absolute atomic E-state index is 12.7. The van der Waals surface area contributed by atoms with Crippen LogP contribution in [-0.4, -0.2) is 49.9 Å². The van der Waals surface area contributed by atoms with Gasteiger partial charge < -0.3 is 10.0 Å². The summed E-state index contributed by atoms with van der Waals surface area (Å²) >= 11 is 0. The fraction of sp³-hybridized carbons (Fsp3) is 0.467. The molecule has 116 valence electrons. The average Bonchev–Trinajstić information content (AvgIpc) is 3.01. The normalized spacial score (nSPS) is 17.3. The molecule has 7 heteroatoms. The van der Waals surface area contributed by atoms with Gasteiger partial charge in [0.25, 0.3) is 5.91 Å². The smallest absolute Gasteiger partial charge is 0.329 e.